The van der Waals surface area contributed by atoms with Gasteiger partial charge in [0, 0.05) is 29.7 Å². The average Bonchev–Trinajstić information content (AvgIpc) is 2.95. The van der Waals surface area contributed by atoms with Crippen LogP contribution >= 0.6 is 0 Å². The summed E-state index contributed by atoms with van der Waals surface area (Å²) < 4.78 is 18.1. The summed E-state index contributed by atoms with van der Waals surface area (Å²) in [6, 6.07) is 9.47. The predicted molar refractivity (Wildman–Crippen MR) is 97.2 cm³/mol. The van der Waals surface area contributed by atoms with Crippen LogP contribution in [0, 0.1) is 6.92 Å². The number of aryl methyl sites for hydroxylation is 2. The van der Waals surface area contributed by atoms with Crippen LogP contribution < -0.4 is 14.2 Å². The molecule has 3 rings (SSSR count). The number of rotatable bonds is 5. The van der Waals surface area contributed by atoms with Crippen LogP contribution in [-0.4, -0.2) is 31.7 Å². The van der Waals surface area contributed by atoms with Gasteiger partial charge in [0.25, 0.3) is 0 Å². The summed E-state index contributed by atoms with van der Waals surface area (Å²) in [5.74, 6) is 1.18. The summed E-state index contributed by atoms with van der Waals surface area (Å²) in [6.45, 7) is 2.03. The van der Waals surface area contributed by atoms with Gasteiger partial charge in [-0.1, -0.05) is 12.1 Å². The number of aromatic nitrogens is 1. The number of ketones is 1. The first kappa shape index (κ1) is 16.9. The first-order valence-corrected chi connectivity index (χ1v) is 7.91. The van der Waals surface area contributed by atoms with Crippen molar-refractivity contribution in [1.29, 1.82) is 0 Å². The molecule has 0 saturated carbocycles. The molecule has 1 aromatic heterocycles. The van der Waals surface area contributed by atoms with Crippen molar-refractivity contribution in [2.24, 2.45) is 7.05 Å². The van der Waals surface area contributed by atoms with Gasteiger partial charge in [0.2, 0.25) is 5.75 Å². The number of methoxy groups -OCH3 is 3. The van der Waals surface area contributed by atoms with E-state index in [1.165, 1.54) is 14.2 Å². The van der Waals surface area contributed by atoms with E-state index in [0.29, 0.717) is 28.4 Å². The topological polar surface area (TPSA) is 49.7 Å². The fourth-order valence-corrected chi connectivity index (χ4v) is 3.10. The van der Waals surface area contributed by atoms with Gasteiger partial charge in [0.1, 0.15) is 0 Å². The molecule has 130 valence electrons. The zero-order chi connectivity index (χ0) is 18.1. The Bertz CT molecular complexity index is 956. The molecular formula is C20H21NO4. The van der Waals surface area contributed by atoms with E-state index in [1.54, 1.807) is 19.2 Å². The molecule has 3 aromatic rings. The van der Waals surface area contributed by atoms with Crippen molar-refractivity contribution in [3.63, 3.8) is 0 Å². The molecule has 25 heavy (non-hydrogen) atoms. The monoisotopic (exact) mass is 339 g/mol. The van der Waals surface area contributed by atoms with Gasteiger partial charge in [-0.3, -0.25) is 4.79 Å². The third-order valence-corrected chi connectivity index (χ3v) is 4.34. The van der Waals surface area contributed by atoms with E-state index in [1.807, 2.05) is 36.9 Å². The van der Waals surface area contributed by atoms with Crippen LogP contribution in [0.2, 0.25) is 0 Å². The van der Waals surface area contributed by atoms with Crippen molar-refractivity contribution >= 4 is 16.7 Å². The van der Waals surface area contributed by atoms with Crippen LogP contribution in [0.25, 0.3) is 10.9 Å². The van der Waals surface area contributed by atoms with Crippen LogP contribution in [0.15, 0.2) is 36.5 Å². The van der Waals surface area contributed by atoms with Gasteiger partial charge in [0.15, 0.2) is 17.3 Å². The molecule has 0 N–H and O–H groups in total. The van der Waals surface area contributed by atoms with Crippen LogP contribution in [-0.2, 0) is 7.05 Å². The lowest BCUT2D eigenvalue weighted by molar-refractivity contribution is 0.103. The van der Waals surface area contributed by atoms with Crippen LogP contribution in [0.1, 0.15) is 21.5 Å². The lowest BCUT2D eigenvalue weighted by Crippen LogP contribution is -2.06. The van der Waals surface area contributed by atoms with Gasteiger partial charge in [-0.2, -0.15) is 0 Å². The second-order valence-corrected chi connectivity index (χ2v) is 5.89. The predicted octanol–water partition coefficient (Wildman–Crippen LogP) is 3.74. The van der Waals surface area contributed by atoms with Crippen molar-refractivity contribution in [1.82, 2.24) is 4.57 Å². The lowest BCUT2D eigenvalue weighted by atomic mass is 10.0. The first-order chi connectivity index (χ1) is 12.0. The molecule has 0 bridgehead atoms. The normalized spacial score (nSPS) is 10.8. The van der Waals surface area contributed by atoms with Crippen molar-refractivity contribution in [2.45, 2.75) is 6.92 Å². The third kappa shape index (κ3) is 2.71. The minimum absolute atomic E-state index is 0.118. The Hall–Kier alpha value is -2.95. The van der Waals surface area contributed by atoms with Gasteiger partial charge in [0.05, 0.1) is 26.9 Å². The maximum absolute atomic E-state index is 13.2. The van der Waals surface area contributed by atoms with E-state index in [2.05, 4.69) is 6.07 Å². The Morgan fingerprint density at radius 1 is 0.920 bits per heavy atom. The number of carbonyl (C=O) groups excluding carboxylic acids is 1. The van der Waals surface area contributed by atoms with Gasteiger partial charge in [-0.25, -0.2) is 0 Å². The Morgan fingerprint density at radius 2 is 1.64 bits per heavy atom. The maximum atomic E-state index is 13.2. The number of hydrogen-bond acceptors (Lipinski definition) is 4. The quantitative estimate of drug-likeness (QED) is 0.665. The molecule has 0 amide bonds. The molecule has 5 heteroatoms. The zero-order valence-electron chi connectivity index (χ0n) is 15.0. The van der Waals surface area contributed by atoms with E-state index in [4.69, 9.17) is 14.2 Å². The number of fused-ring (bicyclic) bond motifs is 1. The molecule has 0 aliphatic carbocycles. The van der Waals surface area contributed by atoms with Crippen LogP contribution in [0.4, 0.5) is 0 Å². The molecular weight excluding hydrogens is 318 g/mol. The SMILES string of the molecule is COc1ccc(C(=O)c2cn(C)c3cc(C)ccc23)c(OC)c1OC. The van der Waals surface area contributed by atoms with E-state index in [-0.39, 0.29) is 5.78 Å². The highest BCUT2D eigenvalue weighted by atomic mass is 16.5. The summed E-state index contributed by atoms with van der Waals surface area (Å²) in [5.41, 5.74) is 3.23. The summed E-state index contributed by atoms with van der Waals surface area (Å²) in [4.78, 5) is 13.2. The van der Waals surface area contributed by atoms with Crippen molar-refractivity contribution in [2.75, 3.05) is 21.3 Å². The second kappa shape index (κ2) is 6.51. The largest absolute Gasteiger partial charge is 0.493 e. The number of benzene rings is 2. The lowest BCUT2D eigenvalue weighted by Gasteiger charge is -2.15. The van der Waals surface area contributed by atoms with Crippen LogP contribution in [0.5, 0.6) is 17.2 Å². The van der Waals surface area contributed by atoms with Crippen LogP contribution in [0.3, 0.4) is 0 Å². The summed E-state index contributed by atoms with van der Waals surface area (Å²) in [5, 5.41) is 0.912. The molecule has 0 spiro atoms. The Labute approximate surface area is 146 Å². The highest BCUT2D eigenvalue weighted by Crippen LogP contribution is 2.41. The Kier molecular flexibility index (Phi) is 4.40. The molecule has 0 radical (unpaired) electrons. The fourth-order valence-electron chi connectivity index (χ4n) is 3.10. The molecule has 0 aliphatic rings. The highest BCUT2D eigenvalue weighted by molar-refractivity contribution is 6.18. The summed E-state index contributed by atoms with van der Waals surface area (Å²) in [7, 11) is 6.52. The minimum atomic E-state index is -0.118. The molecule has 0 saturated heterocycles. The molecule has 0 unspecified atom stereocenters. The van der Waals surface area contributed by atoms with Crippen molar-refractivity contribution in [3.8, 4) is 17.2 Å². The number of carbonyl (C=O) groups is 1. The van der Waals surface area contributed by atoms with Gasteiger partial charge >= 0.3 is 0 Å². The highest BCUT2D eigenvalue weighted by Gasteiger charge is 2.24. The number of ether oxygens (including phenoxy) is 3. The van der Waals surface area contributed by atoms with E-state index in [9.17, 15) is 4.79 Å². The summed E-state index contributed by atoms with van der Waals surface area (Å²) >= 11 is 0. The smallest absolute Gasteiger partial charge is 0.204 e. The molecule has 5 nitrogen and oxygen atoms in total. The fraction of sp³-hybridized carbons (Fsp3) is 0.250. The minimum Gasteiger partial charge on any atom is -0.493 e. The number of hydrogen-bond donors (Lipinski definition) is 0. The standard InChI is InChI=1S/C20H21NO4/c1-12-6-7-13-15(11-21(2)16(13)10-12)18(22)14-8-9-17(23-3)20(25-5)19(14)24-4/h6-11H,1-5H3. The molecule has 1 heterocycles. The average molecular weight is 339 g/mol. The van der Waals surface area contributed by atoms with Crippen molar-refractivity contribution in [3.05, 3.63) is 53.2 Å². The van der Waals surface area contributed by atoms with E-state index in [0.717, 1.165) is 16.5 Å². The van der Waals surface area contributed by atoms with Crippen molar-refractivity contribution < 1.29 is 19.0 Å². The van der Waals surface area contributed by atoms with E-state index >= 15 is 0 Å². The second-order valence-electron chi connectivity index (χ2n) is 5.89. The Balaban J connectivity index is 2.20. The Morgan fingerprint density at radius 3 is 2.28 bits per heavy atom. The maximum Gasteiger partial charge on any atom is 0.204 e. The molecule has 0 fully saturated rings. The number of nitrogens with zero attached hydrogens (tertiary/aromatic N) is 1. The zero-order valence-corrected chi connectivity index (χ0v) is 15.0. The molecule has 0 aliphatic heterocycles. The van der Waals surface area contributed by atoms with E-state index < -0.39 is 0 Å². The van der Waals surface area contributed by atoms with Gasteiger partial charge in [-0.05, 0) is 30.7 Å². The first-order valence-electron chi connectivity index (χ1n) is 7.91. The third-order valence-electron chi connectivity index (χ3n) is 4.34. The molecule has 0 atom stereocenters. The molecule has 2 aromatic carbocycles. The van der Waals surface area contributed by atoms with Gasteiger partial charge < -0.3 is 18.8 Å². The van der Waals surface area contributed by atoms with Gasteiger partial charge in [-0.15, -0.1) is 0 Å². The summed E-state index contributed by atoms with van der Waals surface area (Å²) in [6.07, 6.45) is 1.85.